The molecule has 0 aromatic heterocycles. The second-order valence-corrected chi connectivity index (χ2v) is 2.91. The van der Waals surface area contributed by atoms with Crippen molar-refractivity contribution in [2.45, 2.75) is 25.9 Å². The molecule has 1 unspecified atom stereocenters. The summed E-state index contributed by atoms with van der Waals surface area (Å²) in [5, 5.41) is 0. The van der Waals surface area contributed by atoms with E-state index in [1.165, 1.54) is 13.2 Å². The number of carbonyl (C=O) groups excluding carboxylic acids is 2. The Morgan fingerprint density at radius 1 is 1.85 bits per heavy atom. The van der Waals surface area contributed by atoms with Crippen molar-refractivity contribution in [3.05, 3.63) is 11.8 Å². The average Bonchev–Trinajstić information content (AvgIpc) is 2.15. The predicted octanol–water partition coefficient (Wildman–Crippen LogP) is 0.811. The van der Waals surface area contributed by atoms with Gasteiger partial charge < -0.3 is 9.47 Å². The highest BCUT2D eigenvalue weighted by Crippen LogP contribution is 2.15. The van der Waals surface area contributed by atoms with Gasteiger partial charge in [0.25, 0.3) is 0 Å². The third-order valence-electron chi connectivity index (χ3n) is 1.79. The minimum absolute atomic E-state index is 0.104. The molecule has 13 heavy (non-hydrogen) atoms. The first kappa shape index (κ1) is 9.77. The smallest absolute Gasteiger partial charge is 0.302 e. The van der Waals surface area contributed by atoms with Crippen LogP contribution in [0.3, 0.4) is 0 Å². The van der Waals surface area contributed by atoms with E-state index < -0.39 is 0 Å². The summed E-state index contributed by atoms with van der Waals surface area (Å²) in [6.45, 7) is 1.62. The maximum absolute atomic E-state index is 10.5. The summed E-state index contributed by atoms with van der Waals surface area (Å²) in [4.78, 5) is 20.8. The first-order valence-electron chi connectivity index (χ1n) is 4.15. The zero-order chi connectivity index (χ0) is 9.68. The molecule has 1 rings (SSSR count). The lowest BCUT2D eigenvalue weighted by molar-refractivity contribution is -0.144. The number of rotatable bonds is 3. The van der Waals surface area contributed by atoms with Crippen LogP contribution in [0.5, 0.6) is 0 Å². The summed E-state index contributed by atoms with van der Waals surface area (Å²) in [7, 11) is 0. The van der Waals surface area contributed by atoms with Gasteiger partial charge in [-0.1, -0.05) is 0 Å². The first-order valence-corrected chi connectivity index (χ1v) is 4.15. The van der Waals surface area contributed by atoms with E-state index in [1.807, 2.05) is 0 Å². The molecule has 0 aliphatic carbocycles. The molecule has 1 aliphatic heterocycles. The minimum Gasteiger partial charge on any atom is -0.494 e. The Morgan fingerprint density at radius 3 is 3.08 bits per heavy atom. The molecule has 0 fully saturated rings. The van der Waals surface area contributed by atoms with Crippen molar-refractivity contribution in [1.82, 2.24) is 0 Å². The van der Waals surface area contributed by atoms with Gasteiger partial charge in [0.2, 0.25) is 0 Å². The van der Waals surface area contributed by atoms with Gasteiger partial charge in [-0.25, -0.2) is 0 Å². The van der Waals surface area contributed by atoms with Crippen LogP contribution in [-0.2, 0) is 19.1 Å². The van der Waals surface area contributed by atoms with Crippen LogP contribution < -0.4 is 0 Å². The zero-order valence-corrected chi connectivity index (χ0v) is 7.49. The highest BCUT2D eigenvalue weighted by Gasteiger charge is 2.16. The molecule has 0 saturated carbocycles. The molecule has 1 aliphatic rings. The maximum atomic E-state index is 10.5. The number of carbonyl (C=O) groups is 2. The number of ether oxygens (including phenoxy) is 2. The molecule has 0 aromatic rings. The molecule has 0 N–H and O–H groups in total. The van der Waals surface area contributed by atoms with Crippen molar-refractivity contribution in [2.75, 3.05) is 6.61 Å². The van der Waals surface area contributed by atoms with Crippen molar-refractivity contribution in [2.24, 2.45) is 0 Å². The molecular weight excluding hydrogens is 172 g/mol. The van der Waals surface area contributed by atoms with E-state index >= 15 is 0 Å². The SMILES string of the molecule is CC(=O)OCC1CCC(C=O)=CO1. The summed E-state index contributed by atoms with van der Waals surface area (Å²) < 4.78 is 9.93. The maximum Gasteiger partial charge on any atom is 0.302 e. The number of aldehydes is 1. The first-order chi connectivity index (χ1) is 6.22. The van der Waals surface area contributed by atoms with Crippen LogP contribution in [0, 0.1) is 0 Å². The fourth-order valence-electron chi connectivity index (χ4n) is 1.06. The lowest BCUT2D eigenvalue weighted by Gasteiger charge is -2.20. The fraction of sp³-hybridized carbons (Fsp3) is 0.556. The Morgan fingerprint density at radius 2 is 2.62 bits per heavy atom. The molecule has 1 atom stereocenters. The molecule has 0 saturated heterocycles. The van der Waals surface area contributed by atoms with Crippen molar-refractivity contribution in [3.63, 3.8) is 0 Å². The molecule has 0 radical (unpaired) electrons. The summed E-state index contributed by atoms with van der Waals surface area (Å²) in [6.07, 6.45) is 3.52. The quantitative estimate of drug-likeness (QED) is 0.481. The van der Waals surface area contributed by atoms with Gasteiger partial charge in [-0.3, -0.25) is 9.59 Å². The molecule has 0 aromatic carbocycles. The van der Waals surface area contributed by atoms with E-state index in [0.29, 0.717) is 12.0 Å². The number of allylic oxidation sites excluding steroid dienone is 1. The predicted molar refractivity (Wildman–Crippen MR) is 44.9 cm³/mol. The standard InChI is InChI=1S/C9H12O4/c1-7(11)12-6-9-3-2-8(4-10)5-13-9/h4-5,9H,2-3,6H2,1H3. The number of esters is 1. The van der Waals surface area contributed by atoms with E-state index in [4.69, 9.17) is 9.47 Å². The van der Waals surface area contributed by atoms with Gasteiger partial charge >= 0.3 is 5.97 Å². The van der Waals surface area contributed by atoms with Crippen molar-refractivity contribution in [3.8, 4) is 0 Å². The van der Waals surface area contributed by atoms with E-state index in [2.05, 4.69) is 0 Å². The van der Waals surface area contributed by atoms with Crippen LogP contribution in [0.2, 0.25) is 0 Å². The van der Waals surface area contributed by atoms with Crippen LogP contribution >= 0.6 is 0 Å². The van der Waals surface area contributed by atoms with Gasteiger partial charge in [0.05, 0.1) is 6.26 Å². The van der Waals surface area contributed by atoms with Crippen molar-refractivity contribution >= 4 is 12.3 Å². The van der Waals surface area contributed by atoms with Crippen LogP contribution in [0.25, 0.3) is 0 Å². The molecule has 0 bridgehead atoms. The van der Waals surface area contributed by atoms with Gasteiger partial charge in [0.1, 0.15) is 19.0 Å². The second-order valence-electron chi connectivity index (χ2n) is 2.91. The lowest BCUT2D eigenvalue weighted by atomic mass is 10.1. The van der Waals surface area contributed by atoms with Crippen molar-refractivity contribution in [1.29, 1.82) is 0 Å². The molecule has 72 valence electrons. The largest absolute Gasteiger partial charge is 0.494 e. The Kier molecular flexibility index (Phi) is 3.49. The highest BCUT2D eigenvalue weighted by molar-refractivity contribution is 5.72. The fourth-order valence-corrected chi connectivity index (χ4v) is 1.06. The van der Waals surface area contributed by atoms with E-state index in [0.717, 1.165) is 12.7 Å². The molecule has 4 nitrogen and oxygen atoms in total. The highest BCUT2D eigenvalue weighted by atomic mass is 16.6. The second kappa shape index (κ2) is 4.64. The lowest BCUT2D eigenvalue weighted by Crippen LogP contribution is -2.22. The molecule has 1 heterocycles. The Hall–Kier alpha value is -1.32. The monoisotopic (exact) mass is 184 g/mol. The molecule has 0 spiro atoms. The molecule has 4 heteroatoms. The van der Waals surface area contributed by atoms with Crippen LogP contribution in [0.15, 0.2) is 11.8 Å². The van der Waals surface area contributed by atoms with Crippen LogP contribution in [0.4, 0.5) is 0 Å². The third-order valence-corrected chi connectivity index (χ3v) is 1.79. The zero-order valence-electron chi connectivity index (χ0n) is 7.49. The van der Waals surface area contributed by atoms with Gasteiger partial charge in [-0.15, -0.1) is 0 Å². The van der Waals surface area contributed by atoms with Crippen LogP contribution in [-0.4, -0.2) is 25.0 Å². The van der Waals surface area contributed by atoms with Gasteiger partial charge in [-0.2, -0.15) is 0 Å². The van der Waals surface area contributed by atoms with E-state index in [9.17, 15) is 9.59 Å². The minimum atomic E-state index is -0.311. The summed E-state index contributed by atoms with van der Waals surface area (Å²) in [6, 6.07) is 0. The Balaban J connectivity index is 2.29. The summed E-state index contributed by atoms with van der Waals surface area (Å²) in [5.74, 6) is -0.311. The average molecular weight is 184 g/mol. The van der Waals surface area contributed by atoms with E-state index in [-0.39, 0.29) is 18.7 Å². The van der Waals surface area contributed by atoms with Gasteiger partial charge in [-0.05, 0) is 12.8 Å². The van der Waals surface area contributed by atoms with E-state index in [1.54, 1.807) is 0 Å². The van der Waals surface area contributed by atoms with Gasteiger partial charge in [0, 0.05) is 12.5 Å². The Labute approximate surface area is 76.5 Å². The summed E-state index contributed by atoms with van der Waals surface area (Å²) >= 11 is 0. The van der Waals surface area contributed by atoms with Crippen molar-refractivity contribution < 1.29 is 19.1 Å². The van der Waals surface area contributed by atoms with Gasteiger partial charge in [0.15, 0.2) is 0 Å². The normalized spacial score (nSPS) is 21.3. The Bertz CT molecular complexity index is 232. The molecular formula is C9H12O4. The van der Waals surface area contributed by atoms with Crippen LogP contribution in [0.1, 0.15) is 19.8 Å². The molecule has 0 amide bonds. The number of hydrogen-bond acceptors (Lipinski definition) is 4. The third kappa shape index (κ3) is 3.27. The number of hydrogen-bond donors (Lipinski definition) is 0. The summed E-state index contributed by atoms with van der Waals surface area (Å²) in [5.41, 5.74) is 0.652. The topological polar surface area (TPSA) is 52.6 Å².